The Morgan fingerprint density at radius 3 is 0.988 bits per heavy atom. The smallest absolute Gasteiger partial charge is 0.306 e. The van der Waals surface area contributed by atoms with Crippen LogP contribution in [0.25, 0.3) is 0 Å². The molecule has 0 N–H and O–H groups in total. The van der Waals surface area contributed by atoms with Crippen LogP contribution in [0.15, 0.2) is 122 Å². The third-order valence-corrected chi connectivity index (χ3v) is 13.7. The lowest BCUT2D eigenvalue weighted by Gasteiger charge is -2.26. The number of likely N-dealkylation sites (N-methyl/N-ethyl adjacent to an activating group) is 1. The van der Waals surface area contributed by atoms with Crippen molar-refractivity contribution in [3.8, 4) is 0 Å². The van der Waals surface area contributed by atoms with Crippen LogP contribution in [0.5, 0.6) is 0 Å². The zero-order valence-electron chi connectivity index (χ0n) is 52.6. The molecule has 0 aliphatic rings. The van der Waals surface area contributed by atoms with Crippen LogP contribution in [-0.4, -0.2) is 82.3 Å². The van der Waals surface area contributed by atoms with E-state index in [9.17, 15) is 19.5 Å². The van der Waals surface area contributed by atoms with Crippen LogP contribution in [0.4, 0.5) is 0 Å². The number of aliphatic carboxylic acids is 1. The number of ether oxygens (including phenoxy) is 4. The molecule has 0 saturated carbocycles. The van der Waals surface area contributed by atoms with Crippen LogP contribution >= 0.6 is 0 Å². The van der Waals surface area contributed by atoms with E-state index >= 15 is 0 Å². The molecule has 0 aromatic heterocycles. The van der Waals surface area contributed by atoms with Crippen molar-refractivity contribution in [3.63, 3.8) is 0 Å². The molecule has 2 unspecified atom stereocenters. The zero-order valence-corrected chi connectivity index (χ0v) is 52.6. The molecular formula is C72H121NO8. The van der Waals surface area contributed by atoms with Gasteiger partial charge < -0.3 is 33.3 Å². The third-order valence-electron chi connectivity index (χ3n) is 13.7. The molecule has 0 fully saturated rings. The van der Waals surface area contributed by atoms with Gasteiger partial charge in [0.1, 0.15) is 13.2 Å². The second-order valence-electron chi connectivity index (χ2n) is 22.6. The molecule has 0 aliphatic carbocycles. The number of carboxylic acids is 1. The van der Waals surface area contributed by atoms with Gasteiger partial charge in [0.25, 0.3) is 0 Å². The van der Waals surface area contributed by atoms with Gasteiger partial charge >= 0.3 is 11.9 Å². The molecule has 0 amide bonds. The molecule has 0 heterocycles. The normalized spacial score (nSPS) is 13.5. The van der Waals surface area contributed by atoms with Crippen molar-refractivity contribution in [2.75, 3.05) is 47.5 Å². The summed E-state index contributed by atoms with van der Waals surface area (Å²) in [7, 11) is 5.92. The number of carboxylic acid groups (broad SMARTS) is 1. The Hall–Kier alpha value is -4.31. The summed E-state index contributed by atoms with van der Waals surface area (Å²) < 4.78 is 22.8. The lowest BCUT2D eigenvalue weighted by molar-refractivity contribution is -0.870. The minimum Gasteiger partial charge on any atom is -0.545 e. The molecule has 0 radical (unpaired) electrons. The average Bonchev–Trinajstić information content (AvgIpc) is 3.44. The number of allylic oxidation sites excluding steroid dienone is 20. The predicted octanol–water partition coefficient (Wildman–Crippen LogP) is 18.7. The maximum absolute atomic E-state index is 12.9. The highest BCUT2D eigenvalue weighted by molar-refractivity contribution is 5.70. The first kappa shape index (κ1) is 76.7. The van der Waals surface area contributed by atoms with E-state index < -0.39 is 24.3 Å². The maximum atomic E-state index is 12.9. The molecule has 0 rings (SSSR count). The maximum Gasteiger partial charge on any atom is 0.306 e. The standard InChI is InChI=1S/C72H121NO8/c1-6-8-10-12-14-16-18-20-22-24-26-28-30-31-32-33-34-35-36-37-38-39-41-43-45-47-49-51-53-55-57-59-61-63-70(75)81-68(67-80-72(71(76)77)78-65-64-73(3,4)5)66-79-69(74)62-60-58-56-54-52-50-48-46-44-42-40-29-27-25-23-21-19-17-15-13-11-9-7-2/h8-11,14-17,20-23,26-29,31-32,34-35,68,72H,6-7,12-13,18-19,24-25,30,33,36-67H2,1-5H3/b10-8-,11-9-,16-14-,17-15-,22-20-,23-21-,28-26-,29-27-,32-31-,35-34-. The molecule has 9 nitrogen and oxygen atoms in total. The molecular weight excluding hydrogens is 1010 g/mol. The van der Waals surface area contributed by atoms with Gasteiger partial charge in [-0.3, -0.25) is 9.59 Å². The van der Waals surface area contributed by atoms with Gasteiger partial charge in [-0.25, -0.2) is 0 Å². The van der Waals surface area contributed by atoms with E-state index in [2.05, 4.69) is 135 Å². The average molecular weight is 1130 g/mol. The van der Waals surface area contributed by atoms with E-state index in [1.807, 2.05) is 21.1 Å². The highest BCUT2D eigenvalue weighted by Crippen LogP contribution is 2.16. The Kier molecular flexibility index (Phi) is 58.5. The Morgan fingerprint density at radius 2 is 0.667 bits per heavy atom. The Balaban J connectivity index is 4.17. The lowest BCUT2D eigenvalue weighted by Crippen LogP contribution is -2.44. The largest absolute Gasteiger partial charge is 0.545 e. The summed E-state index contributed by atoms with van der Waals surface area (Å²) in [5.74, 6) is -2.29. The minimum absolute atomic E-state index is 0.142. The van der Waals surface area contributed by atoms with Crippen LogP contribution in [0.3, 0.4) is 0 Å². The zero-order chi connectivity index (χ0) is 59.1. The molecule has 9 heteroatoms. The molecule has 462 valence electrons. The summed E-state index contributed by atoms with van der Waals surface area (Å²) in [6, 6.07) is 0. The Morgan fingerprint density at radius 1 is 0.370 bits per heavy atom. The fourth-order valence-corrected chi connectivity index (χ4v) is 8.77. The van der Waals surface area contributed by atoms with Gasteiger partial charge in [-0.2, -0.15) is 0 Å². The molecule has 0 aromatic rings. The fraction of sp³-hybridized carbons (Fsp3) is 0.681. The van der Waals surface area contributed by atoms with E-state index in [-0.39, 0.29) is 38.6 Å². The first-order chi connectivity index (χ1) is 39.6. The quantitative estimate of drug-likeness (QED) is 0.0195. The van der Waals surface area contributed by atoms with Crippen LogP contribution in [-0.2, 0) is 33.3 Å². The van der Waals surface area contributed by atoms with E-state index in [0.717, 1.165) is 116 Å². The Labute approximate surface area is 497 Å². The van der Waals surface area contributed by atoms with Gasteiger partial charge in [-0.05, 0) is 103 Å². The van der Waals surface area contributed by atoms with Crippen molar-refractivity contribution in [2.24, 2.45) is 0 Å². The number of rotatable bonds is 59. The highest BCUT2D eigenvalue weighted by Gasteiger charge is 2.22. The van der Waals surface area contributed by atoms with Gasteiger partial charge in [0.2, 0.25) is 0 Å². The number of hydrogen-bond acceptors (Lipinski definition) is 8. The number of carbonyl (C=O) groups excluding carboxylic acids is 3. The number of nitrogens with zero attached hydrogens (tertiary/aromatic N) is 1. The van der Waals surface area contributed by atoms with Crippen LogP contribution < -0.4 is 5.11 Å². The summed E-state index contributed by atoms with van der Waals surface area (Å²) in [6.45, 7) is 4.52. The summed E-state index contributed by atoms with van der Waals surface area (Å²) in [5, 5.41) is 11.8. The van der Waals surface area contributed by atoms with Gasteiger partial charge in [0.15, 0.2) is 12.4 Å². The second kappa shape index (κ2) is 61.8. The van der Waals surface area contributed by atoms with Gasteiger partial charge in [-0.1, -0.05) is 264 Å². The molecule has 0 aliphatic heterocycles. The van der Waals surface area contributed by atoms with Crippen molar-refractivity contribution < 1.29 is 42.9 Å². The third kappa shape index (κ3) is 63.1. The summed E-state index contributed by atoms with van der Waals surface area (Å²) in [6.07, 6.45) is 84.0. The van der Waals surface area contributed by atoms with Gasteiger partial charge in [-0.15, -0.1) is 0 Å². The number of carbonyl (C=O) groups is 3. The van der Waals surface area contributed by atoms with Crippen molar-refractivity contribution in [2.45, 2.75) is 270 Å². The van der Waals surface area contributed by atoms with Crippen molar-refractivity contribution >= 4 is 17.9 Å². The number of unbranched alkanes of at least 4 members (excludes halogenated alkanes) is 24. The topological polar surface area (TPSA) is 111 Å². The first-order valence-corrected chi connectivity index (χ1v) is 32.7. The fourth-order valence-electron chi connectivity index (χ4n) is 8.77. The molecule has 0 spiro atoms. The molecule has 2 atom stereocenters. The number of quaternary nitrogens is 1. The van der Waals surface area contributed by atoms with Crippen LogP contribution in [0, 0.1) is 0 Å². The SMILES string of the molecule is CC/C=C\C/C=C\C/C=C\C/C=C\C/C=C\C/C=C\CCCCCCCCCCCCCCCCC(=O)OC(COC(=O)CCCCCCCCCCCC/C=C\C/C=C\C/C=C\C/C=C\CC)COC(OCC[N+](C)(C)C)C(=O)[O-]. The summed E-state index contributed by atoms with van der Waals surface area (Å²) in [4.78, 5) is 37.4. The molecule has 81 heavy (non-hydrogen) atoms. The van der Waals surface area contributed by atoms with Crippen molar-refractivity contribution in [1.82, 2.24) is 0 Å². The Bertz CT molecular complexity index is 1740. The van der Waals surface area contributed by atoms with E-state index in [1.165, 1.54) is 109 Å². The van der Waals surface area contributed by atoms with Crippen molar-refractivity contribution in [1.29, 1.82) is 0 Å². The number of hydrogen-bond donors (Lipinski definition) is 0. The summed E-state index contributed by atoms with van der Waals surface area (Å²) >= 11 is 0. The highest BCUT2D eigenvalue weighted by atomic mass is 16.7. The predicted molar refractivity (Wildman–Crippen MR) is 343 cm³/mol. The monoisotopic (exact) mass is 1130 g/mol. The van der Waals surface area contributed by atoms with Crippen molar-refractivity contribution in [3.05, 3.63) is 122 Å². The number of esters is 2. The lowest BCUT2D eigenvalue weighted by atomic mass is 10.0. The minimum atomic E-state index is -1.63. The summed E-state index contributed by atoms with van der Waals surface area (Å²) in [5.41, 5.74) is 0. The van der Waals surface area contributed by atoms with E-state index in [4.69, 9.17) is 18.9 Å². The molecule has 0 saturated heterocycles. The van der Waals surface area contributed by atoms with E-state index in [0.29, 0.717) is 17.4 Å². The van der Waals surface area contributed by atoms with Gasteiger partial charge in [0, 0.05) is 12.8 Å². The van der Waals surface area contributed by atoms with Crippen LogP contribution in [0.1, 0.15) is 258 Å². The molecule has 0 aromatic carbocycles. The molecule has 0 bridgehead atoms. The van der Waals surface area contributed by atoms with Gasteiger partial charge in [0.05, 0.1) is 40.3 Å². The first-order valence-electron chi connectivity index (χ1n) is 32.7. The second-order valence-corrected chi connectivity index (χ2v) is 22.6. The van der Waals surface area contributed by atoms with E-state index in [1.54, 1.807) is 0 Å². The van der Waals surface area contributed by atoms with Crippen LogP contribution in [0.2, 0.25) is 0 Å².